The van der Waals surface area contributed by atoms with Crippen molar-refractivity contribution in [3.63, 3.8) is 0 Å². The molecular formula is C22H28N2O2. The molecular weight excluding hydrogens is 324 g/mol. The van der Waals surface area contributed by atoms with Gasteiger partial charge in [-0.3, -0.25) is 10.1 Å². The Morgan fingerprint density at radius 3 is 1.88 bits per heavy atom. The third-order valence-electron chi connectivity index (χ3n) is 4.78. The molecule has 1 fully saturated rings. The van der Waals surface area contributed by atoms with Crippen LogP contribution in [0.15, 0.2) is 60.7 Å². The van der Waals surface area contributed by atoms with E-state index in [4.69, 9.17) is 4.74 Å². The molecule has 2 aromatic rings. The minimum Gasteiger partial charge on any atom is -0.372 e. The number of ether oxygens (including phenoxy) is 1. The van der Waals surface area contributed by atoms with Gasteiger partial charge in [0.25, 0.3) is 0 Å². The average Bonchev–Trinajstić information content (AvgIpc) is 2.66. The molecule has 0 bridgehead atoms. The summed E-state index contributed by atoms with van der Waals surface area (Å²) in [6.45, 7) is 7.29. The van der Waals surface area contributed by atoms with Gasteiger partial charge < -0.3 is 9.64 Å². The van der Waals surface area contributed by atoms with Crippen LogP contribution < -0.4 is 5.32 Å². The van der Waals surface area contributed by atoms with E-state index in [0.29, 0.717) is 13.1 Å². The maximum atomic E-state index is 13.0. The van der Waals surface area contributed by atoms with E-state index in [-0.39, 0.29) is 30.2 Å². The number of hydrogen-bond donors (Lipinski definition) is 1. The minimum absolute atomic E-state index is 0.0211. The Kier molecular flexibility index (Phi) is 6.07. The monoisotopic (exact) mass is 352 g/mol. The van der Waals surface area contributed by atoms with Gasteiger partial charge in [0.15, 0.2) is 0 Å². The number of nitrogens with zero attached hydrogens (tertiary/aromatic N) is 1. The van der Waals surface area contributed by atoms with Crippen molar-refractivity contribution in [2.24, 2.45) is 0 Å². The predicted octanol–water partition coefficient (Wildman–Crippen LogP) is 3.39. The first-order valence-corrected chi connectivity index (χ1v) is 9.34. The van der Waals surface area contributed by atoms with E-state index in [0.717, 1.165) is 11.1 Å². The first kappa shape index (κ1) is 18.6. The molecule has 1 aliphatic rings. The van der Waals surface area contributed by atoms with Crippen molar-refractivity contribution < 1.29 is 9.53 Å². The largest absolute Gasteiger partial charge is 0.372 e. The van der Waals surface area contributed by atoms with Crippen LogP contribution in [0.3, 0.4) is 0 Å². The molecule has 4 nitrogen and oxygen atoms in total. The lowest BCUT2D eigenvalue weighted by Crippen LogP contribution is -2.53. The third kappa shape index (κ3) is 4.51. The van der Waals surface area contributed by atoms with Crippen LogP contribution in [-0.2, 0) is 9.53 Å². The highest BCUT2D eigenvalue weighted by atomic mass is 16.5. The van der Waals surface area contributed by atoms with Gasteiger partial charge >= 0.3 is 0 Å². The Morgan fingerprint density at radius 1 is 0.962 bits per heavy atom. The van der Waals surface area contributed by atoms with Gasteiger partial charge in [0, 0.05) is 13.1 Å². The molecule has 0 aliphatic carbocycles. The molecule has 3 atom stereocenters. The summed E-state index contributed by atoms with van der Waals surface area (Å²) in [5.74, 6) is 0.129. The van der Waals surface area contributed by atoms with Crippen molar-refractivity contribution in [1.82, 2.24) is 10.2 Å². The van der Waals surface area contributed by atoms with Gasteiger partial charge in [0.05, 0.1) is 24.3 Å². The second-order valence-electron chi connectivity index (χ2n) is 7.14. The number of morpholine rings is 1. The lowest BCUT2D eigenvalue weighted by atomic mass is 9.97. The summed E-state index contributed by atoms with van der Waals surface area (Å²) in [5, 5.41) is 3.54. The summed E-state index contributed by atoms with van der Waals surface area (Å²) in [7, 11) is 0. The van der Waals surface area contributed by atoms with Crippen LogP contribution in [-0.4, -0.2) is 42.1 Å². The zero-order valence-corrected chi connectivity index (χ0v) is 15.8. The second kappa shape index (κ2) is 8.47. The number of amides is 1. The van der Waals surface area contributed by atoms with Gasteiger partial charge in [0.1, 0.15) is 0 Å². The van der Waals surface area contributed by atoms with Gasteiger partial charge in [-0.05, 0) is 31.9 Å². The van der Waals surface area contributed by atoms with Crippen LogP contribution in [0.5, 0.6) is 0 Å². The normalized spacial score (nSPS) is 21.6. The molecule has 0 saturated carbocycles. The Balaban J connectivity index is 1.77. The minimum atomic E-state index is -0.280. The van der Waals surface area contributed by atoms with E-state index in [2.05, 4.69) is 29.6 Å². The Bertz CT molecular complexity index is 655. The van der Waals surface area contributed by atoms with Gasteiger partial charge in [-0.25, -0.2) is 0 Å². The SMILES string of the molecule is C[C@H]1CN(C(=O)[C@@H](C)NC(c2ccccc2)c2ccccc2)C[C@H](C)O1. The molecule has 2 aromatic carbocycles. The quantitative estimate of drug-likeness (QED) is 0.897. The predicted molar refractivity (Wildman–Crippen MR) is 104 cm³/mol. The third-order valence-corrected chi connectivity index (χ3v) is 4.78. The molecule has 4 heteroatoms. The molecule has 0 spiro atoms. The van der Waals surface area contributed by atoms with E-state index < -0.39 is 0 Å². The van der Waals surface area contributed by atoms with Crippen LogP contribution >= 0.6 is 0 Å². The second-order valence-corrected chi connectivity index (χ2v) is 7.14. The van der Waals surface area contributed by atoms with E-state index >= 15 is 0 Å². The van der Waals surface area contributed by atoms with Crippen LogP contribution in [0, 0.1) is 0 Å². The summed E-state index contributed by atoms with van der Waals surface area (Å²) in [6.07, 6.45) is 0.155. The molecule has 0 radical (unpaired) electrons. The van der Waals surface area contributed by atoms with E-state index in [1.165, 1.54) is 0 Å². The topological polar surface area (TPSA) is 41.6 Å². The fourth-order valence-corrected chi connectivity index (χ4v) is 3.63. The van der Waals surface area contributed by atoms with Crippen molar-refractivity contribution in [1.29, 1.82) is 0 Å². The van der Waals surface area contributed by atoms with Crippen LogP contribution in [0.4, 0.5) is 0 Å². The fraction of sp³-hybridized carbons (Fsp3) is 0.409. The van der Waals surface area contributed by atoms with Crippen LogP contribution in [0.25, 0.3) is 0 Å². The summed E-state index contributed by atoms with van der Waals surface area (Å²) < 4.78 is 5.75. The molecule has 1 saturated heterocycles. The Labute approximate surface area is 156 Å². The lowest BCUT2D eigenvalue weighted by molar-refractivity contribution is -0.145. The van der Waals surface area contributed by atoms with Crippen molar-refractivity contribution in [2.45, 2.75) is 45.1 Å². The van der Waals surface area contributed by atoms with Crippen molar-refractivity contribution in [3.05, 3.63) is 71.8 Å². The molecule has 1 amide bonds. The number of benzene rings is 2. The summed E-state index contributed by atoms with van der Waals surface area (Å²) in [5.41, 5.74) is 2.31. The highest BCUT2D eigenvalue weighted by Crippen LogP contribution is 2.23. The first-order chi connectivity index (χ1) is 12.5. The van der Waals surface area contributed by atoms with E-state index in [1.807, 2.05) is 62.1 Å². The molecule has 26 heavy (non-hydrogen) atoms. The van der Waals surface area contributed by atoms with Crippen molar-refractivity contribution >= 4 is 5.91 Å². The Morgan fingerprint density at radius 2 is 1.42 bits per heavy atom. The highest BCUT2D eigenvalue weighted by molar-refractivity contribution is 5.81. The van der Waals surface area contributed by atoms with Gasteiger partial charge in [-0.1, -0.05) is 60.7 Å². The fourth-order valence-electron chi connectivity index (χ4n) is 3.63. The molecule has 0 unspecified atom stereocenters. The van der Waals surface area contributed by atoms with Crippen LogP contribution in [0.2, 0.25) is 0 Å². The molecule has 0 aromatic heterocycles. The number of carbonyl (C=O) groups excluding carboxylic acids is 1. The molecule has 3 rings (SSSR count). The van der Waals surface area contributed by atoms with E-state index in [1.54, 1.807) is 0 Å². The zero-order chi connectivity index (χ0) is 18.5. The zero-order valence-electron chi connectivity index (χ0n) is 15.8. The standard InChI is InChI=1S/C22H28N2O2/c1-16-14-24(15-17(2)26-16)22(25)18(3)23-21(19-10-6-4-7-11-19)20-12-8-5-9-13-20/h4-13,16-18,21,23H,14-15H2,1-3H3/t16-,17-,18+/m0/s1. The summed E-state index contributed by atoms with van der Waals surface area (Å²) >= 11 is 0. The molecule has 1 N–H and O–H groups in total. The smallest absolute Gasteiger partial charge is 0.239 e. The lowest BCUT2D eigenvalue weighted by Gasteiger charge is -2.37. The number of hydrogen-bond acceptors (Lipinski definition) is 3. The average molecular weight is 352 g/mol. The van der Waals surface area contributed by atoms with Gasteiger partial charge in [0.2, 0.25) is 5.91 Å². The van der Waals surface area contributed by atoms with Crippen molar-refractivity contribution in [3.8, 4) is 0 Å². The van der Waals surface area contributed by atoms with Gasteiger partial charge in [-0.15, -0.1) is 0 Å². The molecule has 138 valence electrons. The number of nitrogens with one attached hydrogen (secondary N) is 1. The number of carbonyl (C=O) groups is 1. The van der Waals surface area contributed by atoms with Crippen molar-refractivity contribution in [2.75, 3.05) is 13.1 Å². The Hall–Kier alpha value is -2.17. The number of rotatable bonds is 5. The first-order valence-electron chi connectivity index (χ1n) is 9.34. The molecule has 1 heterocycles. The van der Waals surface area contributed by atoms with E-state index in [9.17, 15) is 4.79 Å². The summed E-state index contributed by atoms with van der Waals surface area (Å²) in [6, 6.07) is 20.2. The maximum absolute atomic E-state index is 13.0. The molecule has 1 aliphatic heterocycles. The highest BCUT2D eigenvalue weighted by Gasteiger charge is 2.30. The maximum Gasteiger partial charge on any atom is 0.239 e. The summed E-state index contributed by atoms with van der Waals surface area (Å²) in [4.78, 5) is 14.9. The van der Waals surface area contributed by atoms with Crippen LogP contribution in [0.1, 0.15) is 37.9 Å². The van der Waals surface area contributed by atoms with Gasteiger partial charge in [-0.2, -0.15) is 0 Å².